The van der Waals surface area contributed by atoms with Crippen LogP contribution in [0.2, 0.25) is 0 Å². The van der Waals surface area contributed by atoms with Crippen LogP contribution in [0.4, 0.5) is 5.95 Å². The predicted molar refractivity (Wildman–Crippen MR) is 106 cm³/mol. The topological polar surface area (TPSA) is 99.4 Å². The van der Waals surface area contributed by atoms with Crippen LogP contribution in [0, 0.1) is 11.3 Å². The van der Waals surface area contributed by atoms with E-state index in [1.165, 1.54) is 11.9 Å². The van der Waals surface area contributed by atoms with Gasteiger partial charge in [-0.2, -0.15) is 15.3 Å². The normalized spacial score (nSPS) is 11.3. The summed E-state index contributed by atoms with van der Waals surface area (Å²) in [7, 11) is 0. The Balaban J connectivity index is 1.70. The molecule has 4 rings (SSSR count). The van der Waals surface area contributed by atoms with Gasteiger partial charge in [0.1, 0.15) is 18.0 Å². The second kappa shape index (κ2) is 7.60. The van der Waals surface area contributed by atoms with Gasteiger partial charge >= 0.3 is 0 Å². The molecule has 0 saturated heterocycles. The molecule has 2 N–H and O–H groups in total. The molecule has 0 atom stereocenters. The van der Waals surface area contributed by atoms with E-state index in [1.54, 1.807) is 6.08 Å². The molecular formula is C21H16N6O. The van der Waals surface area contributed by atoms with Crippen LogP contribution in [0.1, 0.15) is 11.1 Å². The molecule has 0 spiro atoms. The van der Waals surface area contributed by atoms with Gasteiger partial charge in [-0.25, -0.2) is 5.10 Å². The van der Waals surface area contributed by atoms with E-state index in [1.807, 2.05) is 54.7 Å². The van der Waals surface area contributed by atoms with Gasteiger partial charge in [0.2, 0.25) is 5.95 Å². The average Bonchev–Trinajstić information content (AvgIpc) is 3.35. The minimum atomic E-state index is -0.542. The van der Waals surface area contributed by atoms with Gasteiger partial charge in [0.15, 0.2) is 0 Å². The Hall–Kier alpha value is -4.18. The molecule has 136 valence electrons. The zero-order chi connectivity index (χ0) is 19.3. The number of hydrogen-bond donors (Lipinski definition) is 2. The van der Waals surface area contributed by atoms with Crippen molar-refractivity contribution in [3.05, 3.63) is 83.8 Å². The van der Waals surface area contributed by atoms with E-state index in [-0.39, 0.29) is 11.5 Å². The third kappa shape index (κ3) is 3.52. The third-order valence-corrected chi connectivity index (χ3v) is 4.33. The molecule has 0 aliphatic carbocycles. The lowest BCUT2D eigenvalue weighted by Gasteiger charge is -2.05. The zero-order valence-corrected chi connectivity index (χ0v) is 14.8. The van der Waals surface area contributed by atoms with E-state index in [9.17, 15) is 10.1 Å². The summed E-state index contributed by atoms with van der Waals surface area (Å²) >= 11 is 0. The van der Waals surface area contributed by atoms with E-state index in [0.717, 1.165) is 16.5 Å². The van der Waals surface area contributed by atoms with Gasteiger partial charge in [0.05, 0.1) is 0 Å². The summed E-state index contributed by atoms with van der Waals surface area (Å²) < 4.78 is 2.11. The molecule has 7 nitrogen and oxygen atoms in total. The number of carbonyl (C=O) groups excluding carboxylic acids is 1. The molecule has 0 aliphatic rings. The molecule has 2 aromatic heterocycles. The molecule has 28 heavy (non-hydrogen) atoms. The van der Waals surface area contributed by atoms with Crippen molar-refractivity contribution in [2.45, 2.75) is 6.54 Å². The summed E-state index contributed by atoms with van der Waals surface area (Å²) in [5, 5.41) is 19.2. The number of nitrogens with one attached hydrogen (secondary N) is 2. The lowest BCUT2D eigenvalue weighted by molar-refractivity contribution is -0.112. The monoisotopic (exact) mass is 368 g/mol. The van der Waals surface area contributed by atoms with Crippen molar-refractivity contribution in [3.63, 3.8) is 0 Å². The smallest absolute Gasteiger partial charge is 0.268 e. The highest BCUT2D eigenvalue weighted by molar-refractivity contribution is 6.10. The summed E-state index contributed by atoms with van der Waals surface area (Å²) in [6.07, 6.45) is 4.83. The van der Waals surface area contributed by atoms with Crippen molar-refractivity contribution in [1.82, 2.24) is 19.7 Å². The van der Waals surface area contributed by atoms with E-state index in [4.69, 9.17) is 0 Å². The van der Waals surface area contributed by atoms with E-state index < -0.39 is 5.91 Å². The number of para-hydroxylation sites is 1. The number of anilines is 1. The highest BCUT2D eigenvalue weighted by Gasteiger charge is 2.13. The number of benzene rings is 2. The number of H-pyrrole nitrogens is 1. The van der Waals surface area contributed by atoms with Crippen LogP contribution in [-0.2, 0) is 11.3 Å². The van der Waals surface area contributed by atoms with E-state index >= 15 is 0 Å². The van der Waals surface area contributed by atoms with Gasteiger partial charge in [-0.15, -0.1) is 0 Å². The lowest BCUT2D eigenvalue weighted by Crippen LogP contribution is -2.14. The number of fused-ring (bicyclic) bond motifs is 1. The van der Waals surface area contributed by atoms with Gasteiger partial charge in [-0.05, 0) is 17.7 Å². The van der Waals surface area contributed by atoms with Gasteiger partial charge in [0.25, 0.3) is 5.91 Å². The molecule has 4 aromatic rings. The fourth-order valence-corrected chi connectivity index (χ4v) is 3.05. The van der Waals surface area contributed by atoms with E-state index in [0.29, 0.717) is 6.54 Å². The first-order chi connectivity index (χ1) is 13.7. The number of rotatable bonds is 5. The second-order valence-corrected chi connectivity index (χ2v) is 6.17. The quantitative estimate of drug-likeness (QED) is 0.417. The number of aromatic nitrogens is 4. The van der Waals surface area contributed by atoms with Gasteiger partial charge in [0, 0.05) is 29.2 Å². The van der Waals surface area contributed by atoms with Crippen LogP contribution in [0.5, 0.6) is 0 Å². The first-order valence-electron chi connectivity index (χ1n) is 8.65. The maximum absolute atomic E-state index is 12.4. The summed E-state index contributed by atoms with van der Waals surface area (Å²) in [5.74, 6) is -0.350. The average molecular weight is 368 g/mol. The van der Waals surface area contributed by atoms with Crippen molar-refractivity contribution < 1.29 is 4.79 Å². The minimum Gasteiger partial charge on any atom is -0.342 e. The molecule has 7 heteroatoms. The highest BCUT2D eigenvalue weighted by Crippen LogP contribution is 2.24. The van der Waals surface area contributed by atoms with E-state index in [2.05, 4.69) is 37.2 Å². The number of carbonyl (C=O) groups is 1. The third-order valence-electron chi connectivity index (χ3n) is 4.33. The lowest BCUT2D eigenvalue weighted by atomic mass is 10.1. The Labute approximate surface area is 161 Å². The van der Waals surface area contributed by atoms with Gasteiger partial charge in [-0.1, -0.05) is 48.5 Å². The van der Waals surface area contributed by atoms with Crippen LogP contribution >= 0.6 is 0 Å². The Bertz CT molecular complexity index is 1180. The van der Waals surface area contributed by atoms with Crippen molar-refractivity contribution in [1.29, 1.82) is 5.26 Å². The molecule has 0 aliphatic heterocycles. The molecule has 0 unspecified atom stereocenters. The first-order valence-corrected chi connectivity index (χ1v) is 8.65. The number of nitriles is 1. The van der Waals surface area contributed by atoms with Gasteiger partial charge < -0.3 is 4.57 Å². The van der Waals surface area contributed by atoms with Crippen LogP contribution < -0.4 is 5.32 Å². The molecule has 1 amide bonds. The Morgan fingerprint density at radius 3 is 2.71 bits per heavy atom. The Morgan fingerprint density at radius 2 is 1.96 bits per heavy atom. The molecule has 0 bridgehead atoms. The predicted octanol–water partition coefficient (Wildman–Crippen LogP) is 3.35. The summed E-state index contributed by atoms with van der Waals surface area (Å²) in [6.45, 7) is 0.696. The second-order valence-electron chi connectivity index (χ2n) is 6.17. The summed E-state index contributed by atoms with van der Waals surface area (Å²) in [5.41, 5.74) is 2.99. The maximum atomic E-state index is 12.4. The molecule has 0 fully saturated rings. The largest absolute Gasteiger partial charge is 0.342 e. The number of hydrogen-bond acceptors (Lipinski definition) is 4. The number of amides is 1. The standard InChI is InChI=1S/C21H16N6O/c22-11-16(20(28)25-21-23-14-24-26-21)10-17-13-27(12-15-6-2-1-3-7-15)19-9-5-4-8-18(17)19/h1-10,13-14H,12H2,(H2,23,24,25,26,28)/b16-10+. The van der Waals surface area contributed by atoms with Crippen molar-refractivity contribution in [2.24, 2.45) is 0 Å². The SMILES string of the molecule is N#C/C(=C\c1cn(Cc2ccccc2)c2ccccc12)C(=O)Nc1ncn[nH]1. The Kier molecular flexibility index (Phi) is 4.68. The zero-order valence-electron chi connectivity index (χ0n) is 14.8. The highest BCUT2D eigenvalue weighted by atomic mass is 16.1. The van der Waals surface area contributed by atoms with Gasteiger partial charge in [-0.3, -0.25) is 10.1 Å². The number of aromatic amines is 1. The fraction of sp³-hybridized carbons (Fsp3) is 0.0476. The van der Waals surface area contributed by atoms with Crippen LogP contribution in [-0.4, -0.2) is 25.7 Å². The first kappa shape index (κ1) is 17.2. The molecular weight excluding hydrogens is 352 g/mol. The van der Waals surface area contributed by atoms with Crippen molar-refractivity contribution in [2.75, 3.05) is 5.32 Å². The van der Waals surface area contributed by atoms with Crippen molar-refractivity contribution in [3.8, 4) is 6.07 Å². The molecule has 2 heterocycles. The van der Waals surface area contributed by atoms with Crippen LogP contribution in [0.3, 0.4) is 0 Å². The van der Waals surface area contributed by atoms with Crippen LogP contribution in [0.15, 0.2) is 72.7 Å². The van der Waals surface area contributed by atoms with Crippen molar-refractivity contribution >= 4 is 28.8 Å². The number of nitrogens with zero attached hydrogens (tertiary/aromatic N) is 4. The minimum absolute atomic E-state index is 0.0148. The molecule has 0 saturated carbocycles. The molecule has 2 aromatic carbocycles. The maximum Gasteiger partial charge on any atom is 0.268 e. The fourth-order valence-electron chi connectivity index (χ4n) is 3.05. The Morgan fingerprint density at radius 1 is 1.18 bits per heavy atom. The summed E-state index contributed by atoms with van der Waals surface area (Å²) in [6, 6.07) is 20.0. The molecule has 0 radical (unpaired) electrons. The van der Waals surface area contributed by atoms with Crippen LogP contribution in [0.25, 0.3) is 17.0 Å². The summed E-state index contributed by atoms with van der Waals surface area (Å²) in [4.78, 5) is 16.2.